The second-order valence-electron chi connectivity index (χ2n) is 5.80. The first-order valence-electron chi connectivity index (χ1n) is 8.02. The minimum atomic E-state index is -4.18. The maximum absolute atomic E-state index is 11.8. The summed E-state index contributed by atoms with van der Waals surface area (Å²) in [5.41, 5.74) is -0.625. The Morgan fingerprint density at radius 1 is 1.35 bits per heavy atom. The number of H-pyrrole nitrogens is 1. The van der Waals surface area contributed by atoms with Crippen LogP contribution in [-0.4, -0.2) is 45.5 Å². The topological polar surface area (TPSA) is 140 Å². The molecule has 151 valence electrons. The number of aromatic amines is 1. The van der Waals surface area contributed by atoms with Gasteiger partial charge >= 0.3 is 13.5 Å². The van der Waals surface area contributed by atoms with Crippen molar-refractivity contribution in [3.63, 3.8) is 0 Å². The molecule has 1 aliphatic rings. The largest absolute Gasteiger partial charge is 0.472 e. The first-order valence-corrected chi connectivity index (χ1v) is 9.52. The third-order valence-electron chi connectivity index (χ3n) is 3.77. The smallest absolute Gasteiger partial charge is 0.396 e. The molecule has 0 spiro atoms. The van der Waals surface area contributed by atoms with Crippen molar-refractivity contribution in [1.29, 1.82) is 0 Å². The summed E-state index contributed by atoms with van der Waals surface area (Å²) in [7, 11) is -4.18. The average Bonchev–Trinajstić information content (AvgIpc) is 3.02. The van der Waals surface area contributed by atoms with Crippen LogP contribution in [0.3, 0.4) is 0 Å². The number of ether oxygens (including phenoxy) is 1. The van der Waals surface area contributed by atoms with Crippen LogP contribution in [-0.2, 0) is 35.1 Å². The second kappa shape index (κ2) is 10.5. The van der Waals surface area contributed by atoms with Gasteiger partial charge in [0.1, 0.15) is 6.23 Å². The number of aromatic nitrogens is 2. The molecular formula is C14H23CoN2O8P. The van der Waals surface area contributed by atoms with E-state index in [1.54, 1.807) is 6.92 Å². The fraction of sp³-hybridized carbons (Fsp3) is 0.714. The molecule has 1 aliphatic heterocycles. The van der Waals surface area contributed by atoms with Gasteiger partial charge in [-0.1, -0.05) is 0 Å². The second-order valence-corrected chi connectivity index (χ2v) is 7.25. The van der Waals surface area contributed by atoms with Crippen LogP contribution >= 0.6 is 7.82 Å². The van der Waals surface area contributed by atoms with Crippen molar-refractivity contribution in [2.24, 2.45) is 0 Å². The number of phosphoric acid groups is 1. The number of nitrogens with zero attached hydrogens (tertiary/aromatic N) is 1. The number of unbranched alkanes of at least 4 members (excludes halogenated alkanes) is 1. The third kappa shape index (κ3) is 6.75. The third-order valence-corrected chi connectivity index (χ3v) is 4.76. The zero-order chi connectivity index (χ0) is 18.4. The number of aliphatic hydroxyl groups excluding tert-OH is 1. The number of aryl methyl sites for hydroxylation is 1. The molecule has 0 saturated carbocycles. The van der Waals surface area contributed by atoms with E-state index < -0.39 is 31.4 Å². The molecule has 26 heavy (non-hydrogen) atoms. The van der Waals surface area contributed by atoms with Crippen LogP contribution in [0.2, 0.25) is 0 Å². The standard InChI is InChI=1S/C14H23N2O8P.Co/c1-10-8-16(14(19)15-13(10)18)12-5-4-11(24-12)9-23-25(20,21)22-7-3-2-6-17;/h8,11-12,17H,2-7,9H2,1H3,(H,20,21)(H,15,18,19);/t11-,12-;/m1./s1. The van der Waals surface area contributed by atoms with Crippen molar-refractivity contribution in [2.75, 3.05) is 19.8 Å². The van der Waals surface area contributed by atoms with Gasteiger partial charge < -0.3 is 14.7 Å². The van der Waals surface area contributed by atoms with Crippen LogP contribution in [0.1, 0.15) is 37.5 Å². The van der Waals surface area contributed by atoms with Gasteiger partial charge in [0.25, 0.3) is 5.56 Å². The van der Waals surface area contributed by atoms with Crippen LogP contribution in [0, 0.1) is 6.92 Å². The van der Waals surface area contributed by atoms with Crippen LogP contribution in [0.5, 0.6) is 0 Å². The molecule has 0 aliphatic carbocycles. The summed E-state index contributed by atoms with van der Waals surface area (Å²) in [5, 5.41) is 8.63. The molecule has 1 aromatic rings. The van der Waals surface area contributed by atoms with Gasteiger partial charge in [-0.2, -0.15) is 0 Å². The van der Waals surface area contributed by atoms with Crippen molar-refractivity contribution < 1.29 is 45.1 Å². The minimum Gasteiger partial charge on any atom is -0.396 e. The summed E-state index contributed by atoms with van der Waals surface area (Å²) in [6, 6.07) is 0. The van der Waals surface area contributed by atoms with Gasteiger partial charge in [0.2, 0.25) is 0 Å². The van der Waals surface area contributed by atoms with Gasteiger partial charge in [-0.25, -0.2) is 9.36 Å². The quantitative estimate of drug-likeness (QED) is 0.373. The number of aliphatic hydroxyl groups is 1. The summed E-state index contributed by atoms with van der Waals surface area (Å²) < 4.78 is 28.4. The van der Waals surface area contributed by atoms with Crippen LogP contribution in [0.4, 0.5) is 0 Å². The fourth-order valence-corrected chi connectivity index (χ4v) is 3.21. The molecular weight excluding hydrogens is 414 g/mol. The van der Waals surface area contributed by atoms with E-state index in [1.807, 2.05) is 0 Å². The van der Waals surface area contributed by atoms with E-state index in [2.05, 4.69) is 4.98 Å². The van der Waals surface area contributed by atoms with Gasteiger partial charge in [-0.3, -0.25) is 23.4 Å². The van der Waals surface area contributed by atoms with E-state index in [0.29, 0.717) is 31.2 Å². The molecule has 1 saturated heterocycles. The van der Waals surface area contributed by atoms with Crippen LogP contribution < -0.4 is 11.2 Å². The Balaban J connectivity index is 0.00000338. The molecule has 3 N–H and O–H groups in total. The van der Waals surface area contributed by atoms with Crippen LogP contribution in [0.15, 0.2) is 15.8 Å². The Morgan fingerprint density at radius 3 is 2.77 bits per heavy atom. The molecule has 2 heterocycles. The molecule has 1 aromatic heterocycles. The van der Waals surface area contributed by atoms with Gasteiger partial charge in [0.15, 0.2) is 0 Å². The first kappa shape index (κ1) is 23.3. The predicted octanol–water partition coefficient (Wildman–Crippen LogP) is 0.426. The molecule has 0 bridgehead atoms. The normalized spacial score (nSPS) is 22.0. The fourth-order valence-electron chi connectivity index (χ4n) is 2.42. The van der Waals surface area contributed by atoms with E-state index in [9.17, 15) is 19.0 Å². The Bertz CT molecular complexity index is 736. The monoisotopic (exact) mass is 437 g/mol. The van der Waals surface area contributed by atoms with Crippen molar-refractivity contribution in [2.45, 2.75) is 44.9 Å². The van der Waals surface area contributed by atoms with Crippen molar-refractivity contribution >= 4 is 7.82 Å². The molecule has 1 radical (unpaired) electrons. The maximum atomic E-state index is 11.8. The van der Waals surface area contributed by atoms with E-state index >= 15 is 0 Å². The van der Waals surface area contributed by atoms with E-state index in [0.717, 1.165) is 0 Å². The zero-order valence-electron chi connectivity index (χ0n) is 14.3. The molecule has 3 atom stereocenters. The van der Waals surface area contributed by atoms with E-state index in [4.69, 9.17) is 18.9 Å². The van der Waals surface area contributed by atoms with Crippen molar-refractivity contribution in [3.8, 4) is 0 Å². The summed E-state index contributed by atoms with van der Waals surface area (Å²) in [6.45, 7) is 1.43. The number of nitrogens with one attached hydrogen (secondary N) is 1. The Labute approximate surface area is 160 Å². The SMILES string of the molecule is Cc1cn([C@H]2CC[C@H](COP(=O)(O)OCCCCO)O2)c(=O)[nH]c1=O.[Co]. The van der Waals surface area contributed by atoms with Gasteiger partial charge in [-0.05, 0) is 32.6 Å². The van der Waals surface area contributed by atoms with Crippen LogP contribution in [0.25, 0.3) is 0 Å². The average molecular weight is 437 g/mol. The summed E-state index contributed by atoms with van der Waals surface area (Å²) in [6.07, 6.45) is 2.34. The maximum Gasteiger partial charge on any atom is 0.472 e. The molecule has 1 unspecified atom stereocenters. The molecule has 12 heteroatoms. The van der Waals surface area contributed by atoms with Crippen molar-refractivity contribution in [1.82, 2.24) is 9.55 Å². The summed E-state index contributed by atoms with van der Waals surface area (Å²) in [5.74, 6) is 0. The summed E-state index contributed by atoms with van der Waals surface area (Å²) >= 11 is 0. The summed E-state index contributed by atoms with van der Waals surface area (Å²) in [4.78, 5) is 35.0. The number of hydrogen-bond donors (Lipinski definition) is 3. The molecule has 2 rings (SSSR count). The number of rotatable bonds is 9. The molecule has 10 nitrogen and oxygen atoms in total. The zero-order valence-corrected chi connectivity index (χ0v) is 16.2. The van der Waals surface area contributed by atoms with Gasteiger partial charge in [0, 0.05) is 35.1 Å². The van der Waals surface area contributed by atoms with E-state index in [-0.39, 0.29) is 36.6 Å². The van der Waals surface area contributed by atoms with Gasteiger partial charge in [0.05, 0.1) is 19.3 Å². The molecule has 1 fully saturated rings. The molecule has 0 amide bonds. The minimum absolute atomic E-state index is 0. The number of hydrogen-bond acceptors (Lipinski definition) is 7. The first-order chi connectivity index (χ1) is 11.8. The Kier molecular flexibility index (Phi) is 9.41. The molecule has 0 aromatic carbocycles. The van der Waals surface area contributed by atoms with Crippen molar-refractivity contribution in [3.05, 3.63) is 32.6 Å². The van der Waals surface area contributed by atoms with E-state index in [1.165, 1.54) is 10.8 Å². The predicted molar refractivity (Wildman–Crippen MR) is 87.3 cm³/mol. The Hall–Kier alpha value is -0.784. The van der Waals surface area contributed by atoms with Gasteiger partial charge in [-0.15, -0.1) is 0 Å². The Morgan fingerprint density at radius 2 is 2.08 bits per heavy atom. The number of phosphoric ester groups is 1.